The molecule has 4 rings (SSSR count). The molecule has 9 nitrogen and oxygen atoms in total. The molecule has 42 heavy (non-hydrogen) atoms. The molecule has 0 atom stereocenters. The van der Waals surface area contributed by atoms with E-state index < -0.39 is 49.4 Å². The molecule has 1 aliphatic heterocycles. The van der Waals surface area contributed by atoms with Crippen LogP contribution >= 0.6 is 22.9 Å². The van der Waals surface area contributed by atoms with Crippen LogP contribution in [0.1, 0.15) is 44.7 Å². The smallest absolute Gasteiger partial charge is 0.410 e. The van der Waals surface area contributed by atoms with Crippen molar-refractivity contribution in [3.05, 3.63) is 63.6 Å². The van der Waals surface area contributed by atoms with Crippen molar-refractivity contribution < 1.29 is 36.2 Å². The van der Waals surface area contributed by atoms with Gasteiger partial charge in [-0.3, -0.25) is 0 Å². The number of thiazole rings is 1. The van der Waals surface area contributed by atoms with Crippen LogP contribution in [0.25, 0.3) is 0 Å². The highest BCUT2D eigenvalue weighted by Crippen LogP contribution is 2.38. The molecule has 0 aliphatic carbocycles. The number of carbonyl (C=O) groups is 1. The fourth-order valence-electron chi connectivity index (χ4n) is 4.37. The Morgan fingerprint density at radius 1 is 1.21 bits per heavy atom. The third-order valence-corrected chi connectivity index (χ3v) is 9.55. The van der Waals surface area contributed by atoms with Crippen LogP contribution in [0.2, 0.25) is 5.02 Å². The molecule has 3 aromatic rings. The van der Waals surface area contributed by atoms with Crippen LogP contribution in [-0.2, 0) is 21.3 Å². The maximum absolute atomic E-state index is 15.7. The van der Waals surface area contributed by atoms with E-state index in [-0.39, 0.29) is 17.4 Å². The molecule has 1 amide bonds. The molecule has 0 radical (unpaired) electrons. The molecule has 0 spiro atoms. The quantitative estimate of drug-likeness (QED) is 0.256. The molecule has 0 bridgehead atoms. The van der Waals surface area contributed by atoms with E-state index in [4.69, 9.17) is 25.8 Å². The van der Waals surface area contributed by atoms with Crippen molar-refractivity contribution >= 4 is 44.2 Å². The Bertz CT molecular complexity index is 1540. The van der Waals surface area contributed by atoms with Crippen LogP contribution in [0.4, 0.5) is 18.7 Å². The Labute approximate surface area is 253 Å². The van der Waals surface area contributed by atoms with Gasteiger partial charge in [0, 0.05) is 43.6 Å². The summed E-state index contributed by atoms with van der Waals surface area (Å²) in [6.07, 6.45) is 1.15. The number of benzene rings is 2. The zero-order valence-corrected chi connectivity index (χ0v) is 26.2. The largest absolute Gasteiger partial charge is 0.497 e. The zero-order valence-electron chi connectivity index (χ0n) is 23.8. The van der Waals surface area contributed by atoms with Gasteiger partial charge in [0.05, 0.1) is 13.7 Å². The van der Waals surface area contributed by atoms with Gasteiger partial charge in [0.1, 0.15) is 28.2 Å². The summed E-state index contributed by atoms with van der Waals surface area (Å²) in [5, 5.41) is 0.921. The molecule has 2 heterocycles. The second-order valence-electron chi connectivity index (χ2n) is 10.7. The maximum Gasteiger partial charge on any atom is 0.410 e. The molecule has 0 unspecified atom stereocenters. The topological polar surface area (TPSA) is 98.3 Å². The molecule has 1 fully saturated rings. The number of hydrogen-bond donors (Lipinski definition) is 0. The second-order valence-corrected chi connectivity index (χ2v) is 13.8. The number of amides is 1. The van der Waals surface area contributed by atoms with E-state index in [9.17, 15) is 13.2 Å². The van der Waals surface area contributed by atoms with Crippen LogP contribution < -0.4 is 13.8 Å². The van der Waals surface area contributed by atoms with E-state index in [1.165, 1.54) is 18.2 Å². The van der Waals surface area contributed by atoms with E-state index in [0.717, 1.165) is 21.7 Å². The lowest BCUT2D eigenvalue weighted by Gasteiger charge is -2.33. The number of aryl methyl sites for hydroxylation is 1. The standard InChI is InChI=1S/C28H32ClF2N3O6S2/c1-17-14-20(38-5)7-6-18(17)16-34(26-32-10-13-41-26)42(36,37)25-21(30)15-22(23(29)24(25)31)39-19-8-11-33(12-9-19)27(35)40-28(2,3)4/h6-7,10,13-15,19H,8-9,11-12,16H2,1-5H3. The van der Waals surface area contributed by atoms with Crippen molar-refractivity contribution in [2.24, 2.45) is 0 Å². The number of ether oxygens (including phenoxy) is 3. The van der Waals surface area contributed by atoms with Gasteiger partial charge in [0.25, 0.3) is 10.0 Å². The first-order valence-electron chi connectivity index (χ1n) is 13.1. The van der Waals surface area contributed by atoms with Gasteiger partial charge in [-0.15, -0.1) is 11.3 Å². The Hall–Kier alpha value is -3.16. The number of nitrogens with zero attached hydrogens (tertiary/aromatic N) is 3. The molecule has 228 valence electrons. The average molecular weight is 644 g/mol. The van der Waals surface area contributed by atoms with Crippen LogP contribution in [0, 0.1) is 18.6 Å². The number of sulfonamides is 1. The molecular weight excluding hydrogens is 612 g/mol. The number of likely N-dealkylation sites (tertiary alicyclic amines) is 1. The summed E-state index contributed by atoms with van der Waals surface area (Å²) < 4.78 is 76.0. The van der Waals surface area contributed by atoms with Gasteiger partial charge in [-0.25, -0.2) is 31.3 Å². The van der Waals surface area contributed by atoms with Gasteiger partial charge in [-0.2, -0.15) is 0 Å². The Kier molecular flexibility index (Phi) is 9.53. The van der Waals surface area contributed by atoms with E-state index in [1.807, 2.05) is 0 Å². The van der Waals surface area contributed by atoms with Gasteiger partial charge >= 0.3 is 6.09 Å². The summed E-state index contributed by atoms with van der Waals surface area (Å²) in [6, 6.07) is 5.84. The molecule has 0 N–H and O–H groups in total. The lowest BCUT2D eigenvalue weighted by molar-refractivity contribution is 0.0126. The molecule has 1 saturated heterocycles. The molecule has 2 aromatic carbocycles. The number of carbonyl (C=O) groups excluding carboxylic acids is 1. The highest BCUT2D eigenvalue weighted by molar-refractivity contribution is 7.93. The summed E-state index contributed by atoms with van der Waals surface area (Å²) in [6.45, 7) is 7.46. The summed E-state index contributed by atoms with van der Waals surface area (Å²) in [5.74, 6) is -2.57. The van der Waals surface area contributed by atoms with Crippen molar-refractivity contribution in [2.45, 2.75) is 63.7 Å². The van der Waals surface area contributed by atoms with Gasteiger partial charge in [0.2, 0.25) is 0 Å². The Morgan fingerprint density at radius 2 is 1.90 bits per heavy atom. The number of methoxy groups -OCH3 is 1. The van der Waals surface area contributed by atoms with E-state index >= 15 is 8.78 Å². The van der Waals surface area contributed by atoms with Crippen LogP contribution in [0.3, 0.4) is 0 Å². The molecular formula is C28H32ClF2N3O6S2. The van der Waals surface area contributed by atoms with Gasteiger partial charge in [-0.1, -0.05) is 17.7 Å². The third kappa shape index (κ3) is 7.07. The van der Waals surface area contributed by atoms with Crippen molar-refractivity contribution in [1.29, 1.82) is 0 Å². The monoisotopic (exact) mass is 643 g/mol. The van der Waals surface area contributed by atoms with Gasteiger partial charge in [-0.05, 0) is 51.0 Å². The minimum atomic E-state index is -4.82. The van der Waals surface area contributed by atoms with Gasteiger partial charge in [0.15, 0.2) is 21.7 Å². The maximum atomic E-state index is 15.7. The number of anilines is 1. The van der Waals surface area contributed by atoms with Crippen molar-refractivity contribution in [2.75, 3.05) is 24.5 Å². The van der Waals surface area contributed by atoms with Crippen LogP contribution in [0.5, 0.6) is 11.5 Å². The zero-order chi connectivity index (χ0) is 30.8. The van der Waals surface area contributed by atoms with Crippen LogP contribution in [-0.4, -0.2) is 56.3 Å². The minimum Gasteiger partial charge on any atom is -0.497 e. The van der Waals surface area contributed by atoms with Gasteiger partial charge < -0.3 is 19.1 Å². The summed E-state index contributed by atoms with van der Waals surface area (Å²) in [7, 11) is -3.31. The first kappa shape index (κ1) is 31.8. The Morgan fingerprint density at radius 3 is 2.48 bits per heavy atom. The number of piperidine rings is 1. The first-order valence-corrected chi connectivity index (χ1v) is 15.8. The summed E-state index contributed by atoms with van der Waals surface area (Å²) >= 11 is 7.24. The summed E-state index contributed by atoms with van der Waals surface area (Å²) in [4.78, 5) is 16.7. The number of rotatable bonds is 8. The number of halogens is 3. The SMILES string of the molecule is COc1ccc(CN(c2nccs2)S(=O)(=O)c2c(F)cc(OC3CCN(C(=O)OC(C)(C)C)CC3)c(Cl)c2F)c(C)c1. The number of hydrogen-bond acceptors (Lipinski definition) is 8. The van der Waals surface area contributed by atoms with E-state index in [1.54, 1.807) is 51.3 Å². The molecule has 1 aliphatic rings. The normalized spacial score (nSPS) is 14.5. The molecule has 0 saturated carbocycles. The minimum absolute atomic E-state index is 0.0252. The number of aromatic nitrogens is 1. The van der Waals surface area contributed by atoms with Crippen molar-refractivity contribution in [3.8, 4) is 11.5 Å². The van der Waals surface area contributed by atoms with E-state index in [2.05, 4.69) is 4.98 Å². The first-order chi connectivity index (χ1) is 19.7. The predicted molar refractivity (Wildman–Crippen MR) is 156 cm³/mol. The highest BCUT2D eigenvalue weighted by Gasteiger charge is 2.36. The summed E-state index contributed by atoms with van der Waals surface area (Å²) in [5.41, 5.74) is 0.656. The molecule has 1 aromatic heterocycles. The fourth-order valence-corrected chi connectivity index (χ4v) is 7.01. The predicted octanol–water partition coefficient (Wildman–Crippen LogP) is 6.57. The van der Waals surface area contributed by atoms with Crippen molar-refractivity contribution in [1.82, 2.24) is 9.88 Å². The van der Waals surface area contributed by atoms with Crippen LogP contribution in [0.15, 0.2) is 40.7 Å². The molecule has 14 heteroatoms. The highest BCUT2D eigenvalue weighted by atomic mass is 35.5. The second kappa shape index (κ2) is 12.6. The van der Waals surface area contributed by atoms with Crippen molar-refractivity contribution in [3.63, 3.8) is 0 Å². The Balaban J connectivity index is 1.58. The lowest BCUT2D eigenvalue weighted by Crippen LogP contribution is -2.44. The average Bonchev–Trinajstić information content (AvgIpc) is 3.44. The lowest BCUT2D eigenvalue weighted by atomic mass is 10.1. The fraction of sp³-hybridized carbons (Fsp3) is 0.429. The van der Waals surface area contributed by atoms with E-state index in [0.29, 0.717) is 42.8 Å². The third-order valence-electron chi connectivity index (χ3n) is 6.51.